The zero-order valence-corrected chi connectivity index (χ0v) is 14.7. The molecule has 1 aromatic carbocycles. The number of fused-ring (bicyclic) bond motifs is 1. The number of nitrogens with one attached hydrogen (secondary N) is 1. The van der Waals surface area contributed by atoms with E-state index in [1.165, 1.54) is 11.3 Å². The molecule has 6 heteroatoms. The number of amides is 4. The van der Waals surface area contributed by atoms with Gasteiger partial charge in [0, 0.05) is 25.7 Å². The lowest BCUT2D eigenvalue weighted by molar-refractivity contribution is 0.0653. The summed E-state index contributed by atoms with van der Waals surface area (Å²) in [6.45, 7) is 3.70. The molecule has 0 bridgehead atoms. The number of hydrogen-bond acceptors (Lipinski definition) is 3. The number of carbonyl (C=O) groups excluding carboxylic acids is 3. The van der Waals surface area contributed by atoms with Crippen LogP contribution in [0.4, 0.5) is 4.79 Å². The van der Waals surface area contributed by atoms with Crippen LogP contribution < -0.4 is 5.32 Å². The van der Waals surface area contributed by atoms with E-state index in [1.807, 2.05) is 4.90 Å². The molecule has 2 aliphatic rings. The maximum atomic E-state index is 12.3. The molecule has 0 saturated carbocycles. The second-order valence-corrected chi connectivity index (χ2v) is 6.64. The van der Waals surface area contributed by atoms with Gasteiger partial charge in [-0.1, -0.05) is 19.1 Å². The van der Waals surface area contributed by atoms with Gasteiger partial charge in [0.25, 0.3) is 11.8 Å². The molecule has 0 aromatic heterocycles. The van der Waals surface area contributed by atoms with Gasteiger partial charge < -0.3 is 10.2 Å². The number of nitrogens with zero attached hydrogens (tertiary/aromatic N) is 2. The highest BCUT2D eigenvalue weighted by molar-refractivity contribution is 6.21. The maximum Gasteiger partial charge on any atom is 0.317 e. The van der Waals surface area contributed by atoms with Crippen LogP contribution in [0.25, 0.3) is 0 Å². The predicted molar refractivity (Wildman–Crippen MR) is 94.5 cm³/mol. The second-order valence-electron chi connectivity index (χ2n) is 6.64. The highest BCUT2D eigenvalue weighted by Gasteiger charge is 2.34. The van der Waals surface area contributed by atoms with Crippen LogP contribution in [0.5, 0.6) is 0 Å². The average molecular weight is 343 g/mol. The van der Waals surface area contributed by atoms with E-state index in [0.717, 1.165) is 25.8 Å². The van der Waals surface area contributed by atoms with Crippen molar-refractivity contribution >= 4 is 17.8 Å². The van der Waals surface area contributed by atoms with Crippen LogP contribution in [0.15, 0.2) is 24.3 Å². The molecular weight excluding hydrogens is 318 g/mol. The third-order valence-corrected chi connectivity index (χ3v) is 5.07. The summed E-state index contributed by atoms with van der Waals surface area (Å²) in [5.41, 5.74) is 0.936. The first-order chi connectivity index (χ1) is 12.1. The number of benzene rings is 1. The summed E-state index contributed by atoms with van der Waals surface area (Å²) in [6.07, 6.45) is 4.84. The number of rotatable bonds is 5. The van der Waals surface area contributed by atoms with Gasteiger partial charge in [0.2, 0.25) is 0 Å². The Balaban J connectivity index is 1.47. The van der Waals surface area contributed by atoms with Crippen molar-refractivity contribution in [3.63, 3.8) is 0 Å². The topological polar surface area (TPSA) is 69.7 Å². The van der Waals surface area contributed by atoms with Crippen molar-refractivity contribution < 1.29 is 14.4 Å². The molecule has 0 aliphatic carbocycles. The molecule has 1 unspecified atom stereocenters. The molecular formula is C19H25N3O3. The molecule has 1 atom stereocenters. The smallest absolute Gasteiger partial charge is 0.317 e. The summed E-state index contributed by atoms with van der Waals surface area (Å²) in [5, 5.41) is 2.93. The van der Waals surface area contributed by atoms with Crippen LogP contribution in [0, 0.1) is 0 Å². The molecule has 4 amide bonds. The first-order valence-electron chi connectivity index (χ1n) is 9.13. The van der Waals surface area contributed by atoms with E-state index < -0.39 is 0 Å². The summed E-state index contributed by atoms with van der Waals surface area (Å²) in [6, 6.07) is 7.17. The van der Waals surface area contributed by atoms with E-state index in [9.17, 15) is 14.4 Å². The van der Waals surface area contributed by atoms with Crippen LogP contribution in [-0.4, -0.2) is 53.3 Å². The first-order valence-corrected chi connectivity index (χ1v) is 9.13. The Kier molecular flexibility index (Phi) is 5.36. The van der Waals surface area contributed by atoms with Crippen molar-refractivity contribution in [3.8, 4) is 0 Å². The van der Waals surface area contributed by atoms with E-state index >= 15 is 0 Å². The third-order valence-electron chi connectivity index (χ3n) is 5.07. The fraction of sp³-hybridized carbons (Fsp3) is 0.526. The number of carbonyl (C=O) groups is 3. The van der Waals surface area contributed by atoms with E-state index in [-0.39, 0.29) is 17.8 Å². The summed E-state index contributed by atoms with van der Waals surface area (Å²) in [7, 11) is 0. The van der Waals surface area contributed by atoms with Gasteiger partial charge in [0.05, 0.1) is 11.1 Å². The Morgan fingerprint density at radius 3 is 2.48 bits per heavy atom. The van der Waals surface area contributed by atoms with Gasteiger partial charge in [-0.05, 0) is 44.2 Å². The maximum absolute atomic E-state index is 12.3. The monoisotopic (exact) mass is 343 g/mol. The van der Waals surface area contributed by atoms with E-state index in [0.29, 0.717) is 36.7 Å². The number of hydrogen-bond donors (Lipinski definition) is 1. The Morgan fingerprint density at radius 1 is 1.16 bits per heavy atom. The minimum absolute atomic E-state index is 0.0334. The Hall–Kier alpha value is -2.37. The fourth-order valence-corrected chi connectivity index (χ4v) is 3.67. The highest BCUT2D eigenvalue weighted by atomic mass is 16.2. The molecule has 1 saturated heterocycles. The molecule has 134 valence electrons. The van der Waals surface area contributed by atoms with E-state index in [2.05, 4.69) is 12.2 Å². The van der Waals surface area contributed by atoms with Gasteiger partial charge in [0.15, 0.2) is 0 Å². The van der Waals surface area contributed by atoms with Crippen molar-refractivity contribution in [1.29, 1.82) is 0 Å². The van der Waals surface area contributed by atoms with E-state index in [1.54, 1.807) is 24.3 Å². The summed E-state index contributed by atoms with van der Waals surface area (Å²) in [4.78, 5) is 40.1. The van der Waals surface area contributed by atoms with Gasteiger partial charge in [-0.25, -0.2) is 4.79 Å². The van der Waals surface area contributed by atoms with Gasteiger partial charge >= 0.3 is 6.03 Å². The van der Waals surface area contributed by atoms with Gasteiger partial charge in [0.1, 0.15) is 0 Å². The van der Waals surface area contributed by atoms with Gasteiger partial charge in [-0.15, -0.1) is 0 Å². The standard InChI is InChI=1S/C19H25N3O3/c1-2-14-8-5-6-12-21(14)19(25)20-11-7-13-22-17(23)15-9-3-4-10-16(15)18(22)24/h3-4,9-10,14H,2,5-8,11-13H2,1H3,(H,20,25). The Bertz CT molecular complexity index is 639. The molecule has 6 nitrogen and oxygen atoms in total. The Morgan fingerprint density at radius 2 is 1.84 bits per heavy atom. The lowest BCUT2D eigenvalue weighted by Gasteiger charge is -2.35. The molecule has 0 spiro atoms. The van der Waals surface area contributed by atoms with Crippen LogP contribution in [0.2, 0.25) is 0 Å². The molecule has 2 aliphatic heterocycles. The van der Waals surface area contributed by atoms with Crippen molar-refractivity contribution in [2.45, 2.75) is 45.1 Å². The van der Waals surface area contributed by atoms with Gasteiger partial charge in [-0.2, -0.15) is 0 Å². The zero-order chi connectivity index (χ0) is 17.8. The SMILES string of the molecule is CCC1CCCCN1C(=O)NCCCN1C(=O)c2ccccc2C1=O. The molecule has 1 N–H and O–H groups in total. The quantitative estimate of drug-likeness (QED) is 0.660. The second kappa shape index (κ2) is 7.68. The van der Waals surface area contributed by atoms with Crippen LogP contribution in [-0.2, 0) is 0 Å². The third kappa shape index (κ3) is 3.52. The summed E-state index contributed by atoms with van der Waals surface area (Å²) >= 11 is 0. The molecule has 2 heterocycles. The van der Waals surface area contributed by atoms with Crippen LogP contribution in [0.1, 0.15) is 59.7 Å². The first kappa shape index (κ1) is 17.5. The number of piperidine rings is 1. The predicted octanol–water partition coefficient (Wildman–Crippen LogP) is 2.65. The zero-order valence-electron chi connectivity index (χ0n) is 14.7. The fourth-order valence-electron chi connectivity index (χ4n) is 3.67. The van der Waals surface area contributed by atoms with Crippen molar-refractivity contribution in [2.24, 2.45) is 0 Å². The largest absolute Gasteiger partial charge is 0.338 e. The highest BCUT2D eigenvalue weighted by Crippen LogP contribution is 2.22. The van der Waals surface area contributed by atoms with Crippen LogP contribution in [0.3, 0.4) is 0 Å². The molecule has 0 radical (unpaired) electrons. The average Bonchev–Trinajstić information content (AvgIpc) is 2.90. The summed E-state index contributed by atoms with van der Waals surface area (Å²) < 4.78 is 0. The van der Waals surface area contributed by atoms with Crippen molar-refractivity contribution in [3.05, 3.63) is 35.4 Å². The molecule has 1 aromatic rings. The minimum atomic E-state index is -0.242. The van der Waals surface area contributed by atoms with E-state index in [4.69, 9.17) is 0 Å². The Labute approximate surface area is 148 Å². The number of imide groups is 1. The lowest BCUT2D eigenvalue weighted by Crippen LogP contribution is -2.48. The normalized spacial score (nSPS) is 20.0. The van der Waals surface area contributed by atoms with Gasteiger partial charge in [-0.3, -0.25) is 14.5 Å². The molecule has 3 rings (SSSR count). The van der Waals surface area contributed by atoms with Crippen molar-refractivity contribution in [2.75, 3.05) is 19.6 Å². The number of urea groups is 1. The van der Waals surface area contributed by atoms with Crippen molar-refractivity contribution in [1.82, 2.24) is 15.1 Å². The van der Waals surface area contributed by atoms with Crippen LogP contribution >= 0.6 is 0 Å². The lowest BCUT2D eigenvalue weighted by atomic mass is 10.0. The summed E-state index contributed by atoms with van der Waals surface area (Å²) in [5.74, 6) is -0.483. The number of likely N-dealkylation sites (tertiary alicyclic amines) is 1. The minimum Gasteiger partial charge on any atom is -0.338 e. The molecule has 1 fully saturated rings. The molecule has 25 heavy (non-hydrogen) atoms.